The number of nitrogens with one attached hydrogen (secondary N) is 1. The molecule has 2 aromatic rings. The number of fused-ring (bicyclic) bond motifs is 1. The number of nitrogens with zero attached hydrogens (tertiary/aromatic N) is 4. The quantitative estimate of drug-likeness (QED) is 0.708. The van der Waals surface area contributed by atoms with Gasteiger partial charge in [0.05, 0.1) is 5.39 Å². The molecule has 0 aromatic carbocycles. The Balaban J connectivity index is 1.77. The second-order valence-electron chi connectivity index (χ2n) is 7.31. The molecule has 0 atom stereocenters. The van der Waals surface area contributed by atoms with E-state index in [1.807, 2.05) is 24.9 Å². The van der Waals surface area contributed by atoms with Crippen LogP contribution in [0.1, 0.15) is 52.5 Å². The average molecular weight is 422 g/mol. The van der Waals surface area contributed by atoms with Crippen molar-refractivity contribution in [2.45, 2.75) is 52.5 Å². The maximum absolute atomic E-state index is 12.2. The summed E-state index contributed by atoms with van der Waals surface area (Å²) < 4.78 is 3.27. The molecule has 0 unspecified atom stereocenters. The van der Waals surface area contributed by atoms with Crippen LogP contribution in [0.3, 0.4) is 0 Å². The van der Waals surface area contributed by atoms with Gasteiger partial charge < -0.3 is 14.8 Å². The summed E-state index contributed by atoms with van der Waals surface area (Å²) in [6.45, 7) is 8.62. The predicted molar refractivity (Wildman–Crippen MR) is 108 cm³/mol. The van der Waals surface area contributed by atoms with Crippen molar-refractivity contribution >= 4 is 38.8 Å². The smallest absolute Gasteiger partial charge is 0.225 e. The second-order valence-corrected chi connectivity index (χ2v) is 8.16. The lowest BCUT2D eigenvalue weighted by Gasteiger charge is -2.34. The summed E-state index contributed by atoms with van der Waals surface area (Å²) in [5, 5.41) is 4.34. The van der Waals surface area contributed by atoms with Crippen LogP contribution >= 0.6 is 15.9 Å². The van der Waals surface area contributed by atoms with Crippen LogP contribution in [-0.4, -0.2) is 45.0 Å². The summed E-state index contributed by atoms with van der Waals surface area (Å²) in [4.78, 5) is 23.4. The first-order valence-corrected chi connectivity index (χ1v) is 10.4. The average Bonchev–Trinajstić information content (AvgIpc) is 2.97. The largest absolute Gasteiger partial charge is 0.354 e. The lowest BCUT2D eigenvalue weighted by molar-refractivity contribution is -0.135. The number of rotatable bonds is 6. The van der Waals surface area contributed by atoms with Gasteiger partial charge in [-0.1, -0.05) is 27.2 Å². The van der Waals surface area contributed by atoms with E-state index in [-0.39, 0.29) is 11.8 Å². The topological polar surface area (TPSA) is 63.1 Å². The molecule has 1 aliphatic rings. The van der Waals surface area contributed by atoms with Gasteiger partial charge in [-0.3, -0.25) is 4.79 Å². The molecular weight excluding hydrogens is 394 g/mol. The fraction of sp³-hybridized carbons (Fsp3) is 0.632. The summed E-state index contributed by atoms with van der Waals surface area (Å²) >= 11 is 3.64. The normalized spacial score (nSPS) is 15.8. The van der Waals surface area contributed by atoms with Gasteiger partial charge >= 0.3 is 0 Å². The third-order valence-corrected chi connectivity index (χ3v) is 5.63. The lowest BCUT2D eigenvalue weighted by Crippen LogP contribution is -2.41. The molecule has 1 N–H and O–H groups in total. The summed E-state index contributed by atoms with van der Waals surface area (Å²) in [6.07, 6.45) is 8.15. The Morgan fingerprint density at radius 1 is 1.38 bits per heavy atom. The highest BCUT2D eigenvalue weighted by atomic mass is 79.9. The number of piperidine rings is 1. The van der Waals surface area contributed by atoms with Crippen molar-refractivity contribution in [1.82, 2.24) is 19.4 Å². The van der Waals surface area contributed by atoms with Gasteiger partial charge in [0.25, 0.3) is 0 Å². The van der Waals surface area contributed by atoms with E-state index in [4.69, 9.17) is 4.98 Å². The van der Waals surface area contributed by atoms with E-state index < -0.39 is 0 Å². The number of anilines is 1. The van der Waals surface area contributed by atoms with Crippen LogP contribution in [0.4, 0.5) is 5.95 Å². The van der Waals surface area contributed by atoms with Crippen LogP contribution in [-0.2, 0) is 4.79 Å². The maximum atomic E-state index is 12.2. The van der Waals surface area contributed by atoms with Gasteiger partial charge in [0.2, 0.25) is 11.9 Å². The van der Waals surface area contributed by atoms with Gasteiger partial charge in [0.15, 0.2) is 0 Å². The highest BCUT2D eigenvalue weighted by molar-refractivity contribution is 9.10. The molecular formula is C19H28BrN5O. The first-order chi connectivity index (χ1) is 12.5. The van der Waals surface area contributed by atoms with Crippen molar-refractivity contribution in [1.29, 1.82) is 0 Å². The SMILES string of the molecule is CCCCNc1ncc2c(Br)cn(C3CCN(C(=O)C(C)C)CC3)c2n1. The molecule has 0 radical (unpaired) electrons. The van der Waals surface area contributed by atoms with Gasteiger partial charge in [-0.15, -0.1) is 0 Å². The van der Waals surface area contributed by atoms with Crippen LogP contribution < -0.4 is 5.32 Å². The van der Waals surface area contributed by atoms with E-state index in [1.54, 1.807) is 0 Å². The number of hydrogen-bond donors (Lipinski definition) is 1. The zero-order chi connectivity index (χ0) is 18.7. The summed E-state index contributed by atoms with van der Waals surface area (Å²) in [7, 11) is 0. The highest BCUT2D eigenvalue weighted by Crippen LogP contribution is 2.32. The molecule has 7 heteroatoms. The van der Waals surface area contributed by atoms with Crippen molar-refractivity contribution in [3.63, 3.8) is 0 Å². The van der Waals surface area contributed by atoms with Gasteiger partial charge in [0, 0.05) is 48.5 Å². The fourth-order valence-corrected chi connectivity index (χ4v) is 3.96. The van der Waals surface area contributed by atoms with Crippen LogP contribution in [0, 0.1) is 5.92 Å². The molecule has 0 aliphatic carbocycles. The zero-order valence-electron chi connectivity index (χ0n) is 15.8. The van der Waals surface area contributed by atoms with Gasteiger partial charge in [-0.25, -0.2) is 4.98 Å². The van der Waals surface area contributed by atoms with Crippen LogP contribution in [0.5, 0.6) is 0 Å². The Bertz CT molecular complexity index is 765. The Hall–Kier alpha value is -1.63. The minimum Gasteiger partial charge on any atom is -0.354 e. The number of carbonyl (C=O) groups excluding carboxylic acids is 1. The van der Waals surface area contributed by atoms with Crippen LogP contribution in [0.15, 0.2) is 16.9 Å². The van der Waals surface area contributed by atoms with Gasteiger partial charge in [-0.05, 0) is 35.2 Å². The molecule has 26 heavy (non-hydrogen) atoms. The Morgan fingerprint density at radius 3 is 2.77 bits per heavy atom. The molecule has 0 spiro atoms. The fourth-order valence-electron chi connectivity index (χ4n) is 3.46. The molecule has 142 valence electrons. The molecule has 6 nitrogen and oxygen atoms in total. The summed E-state index contributed by atoms with van der Waals surface area (Å²) in [5.74, 6) is 1.01. The minimum atomic E-state index is 0.0672. The number of amides is 1. The molecule has 1 saturated heterocycles. The first-order valence-electron chi connectivity index (χ1n) is 9.57. The van der Waals surface area contributed by atoms with Crippen LogP contribution in [0.2, 0.25) is 0 Å². The molecule has 2 aromatic heterocycles. The number of aromatic nitrogens is 3. The first kappa shape index (κ1) is 19.1. The third-order valence-electron chi connectivity index (χ3n) is 5.00. The maximum Gasteiger partial charge on any atom is 0.225 e. The van der Waals surface area contributed by atoms with E-state index in [1.165, 1.54) is 0 Å². The van der Waals surface area contributed by atoms with Crippen molar-refractivity contribution < 1.29 is 4.79 Å². The van der Waals surface area contributed by atoms with Crippen molar-refractivity contribution in [2.75, 3.05) is 25.0 Å². The van der Waals surface area contributed by atoms with E-state index in [2.05, 4.69) is 43.9 Å². The molecule has 1 aliphatic heterocycles. The summed E-state index contributed by atoms with van der Waals surface area (Å²) in [6, 6.07) is 0.360. The van der Waals surface area contributed by atoms with E-state index in [0.717, 1.165) is 60.8 Å². The third kappa shape index (κ3) is 4.03. The van der Waals surface area contributed by atoms with E-state index in [0.29, 0.717) is 12.0 Å². The molecule has 1 fully saturated rings. The molecule has 3 heterocycles. The second kappa shape index (κ2) is 8.37. The molecule has 1 amide bonds. The molecule has 3 rings (SSSR count). The van der Waals surface area contributed by atoms with Crippen molar-refractivity contribution in [3.05, 3.63) is 16.9 Å². The van der Waals surface area contributed by atoms with E-state index >= 15 is 0 Å². The number of hydrogen-bond acceptors (Lipinski definition) is 4. The van der Waals surface area contributed by atoms with Crippen LogP contribution in [0.25, 0.3) is 11.0 Å². The summed E-state index contributed by atoms with van der Waals surface area (Å²) in [5.41, 5.74) is 0.958. The molecule has 0 saturated carbocycles. The standard InChI is InChI=1S/C19H28BrN5O/c1-4-5-8-21-19-22-11-15-16(20)12-25(17(15)23-19)14-6-9-24(10-7-14)18(26)13(2)3/h11-14H,4-10H2,1-3H3,(H,21,22,23). The monoisotopic (exact) mass is 421 g/mol. The van der Waals surface area contributed by atoms with Crippen molar-refractivity contribution in [3.8, 4) is 0 Å². The highest BCUT2D eigenvalue weighted by Gasteiger charge is 2.26. The lowest BCUT2D eigenvalue weighted by atomic mass is 10.0. The van der Waals surface area contributed by atoms with E-state index in [9.17, 15) is 4.79 Å². The van der Waals surface area contributed by atoms with Crippen molar-refractivity contribution in [2.24, 2.45) is 5.92 Å². The number of likely N-dealkylation sites (tertiary alicyclic amines) is 1. The van der Waals surface area contributed by atoms with Gasteiger partial charge in [0.1, 0.15) is 5.65 Å². The number of carbonyl (C=O) groups is 1. The number of unbranched alkanes of at least 4 members (excludes halogenated alkanes) is 1. The Labute approximate surface area is 163 Å². The molecule has 0 bridgehead atoms. The van der Waals surface area contributed by atoms with Gasteiger partial charge in [-0.2, -0.15) is 4.98 Å². The zero-order valence-corrected chi connectivity index (χ0v) is 17.4. The Morgan fingerprint density at radius 2 is 2.12 bits per heavy atom. The predicted octanol–water partition coefficient (Wildman–Crippen LogP) is 4.23. The minimum absolute atomic E-state index is 0.0672. The number of halogens is 1. The Kier molecular flexibility index (Phi) is 6.16.